The van der Waals surface area contributed by atoms with Crippen LogP contribution in [0.5, 0.6) is 11.5 Å². The molecular weight excluding hydrogens is 612 g/mol. The third kappa shape index (κ3) is 6.27. The lowest BCUT2D eigenvalue weighted by Gasteiger charge is -2.26. The Bertz CT molecular complexity index is 1580. The summed E-state index contributed by atoms with van der Waals surface area (Å²) in [7, 11) is 1.36. The number of barbiturate groups is 1. The van der Waals surface area contributed by atoms with E-state index >= 15 is 0 Å². The molecule has 1 aliphatic heterocycles. The third-order valence-electron chi connectivity index (χ3n) is 5.44. The van der Waals surface area contributed by atoms with Crippen molar-refractivity contribution >= 4 is 74.4 Å². The first-order valence-electron chi connectivity index (χ1n) is 11.3. The molecule has 14 heteroatoms. The molecule has 0 saturated carbocycles. The predicted molar refractivity (Wildman–Crippen MR) is 148 cm³/mol. The minimum Gasteiger partial charge on any atom is -0.493 e. The van der Waals surface area contributed by atoms with Gasteiger partial charge in [-0.05, 0) is 70.0 Å². The Balaban J connectivity index is 1.57. The van der Waals surface area contributed by atoms with Crippen molar-refractivity contribution in [2.45, 2.75) is 0 Å². The monoisotopic (exact) mass is 628 g/mol. The molecule has 2 N–H and O–H groups in total. The van der Waals surface area contributed by atoms with Crippen LogP contribution >= 0.6 is 27.5 Å². The fourth-order valence-corrected chi connectivity index (χ4v) is 4.34. The highest BCUT2D eigenvalue weighted by Gasteiger charge is 2.37. The van der Waals surface area contributed by atoms with Gasteiger partial charge in [-0.15, -0.1) is 0 Å². The summed E-state index contributed by atoms with van der Waals surface area (Å²) in [5, 5.41) is 16.4. The van der Waals surface area contributed by atoms with Gasteiger partial charge in [0.15, 0.2) is 18.1 Å². The van der Waals surface area contributed by atoms with E-state index in [-0.39, 0.29) is 29.5 Å². The molecule has 3 aromatic carbocycles. The Morgan fingerprint density at radius 2 is 1.88 bits per heavy atom. The number of nitro benzene ring substituents is 1. The lowest BCUT2D eigenvalue weighted by Crippen LogP contribution is -2.54. The van der Waals surface area contributed by atoms with Crippen LogP contribution in [-0.2, 0) is 14.4 Å². The number of halogens is 2. The number of nitrogens with zero attached hydrogens (tertiary/aromatic N) is 2. The highest BCUT2D eigenvalue weighted by atomic mass is 79.9. The van der Waals surface area contributed by atoms with E-state index in [0.29, 0.717) is 25.6 Å². The second kappa shape index (κ2) is 12.0. The van der Waals surface area contributed by atoms with E-state index in [1.807, 2.05) is 0 Å². The van der Waals surface area contributed by atoms with Crippen molar-refractivity contribution in [2.24, 2.45) is 0 Å². The number of carbonyl (C=O) groups is 4. The average Bonchev–Trinajstić information content (AvgIpc) is 2.91. The molecule has 0 aliphatic carbocycles. The smallest absolute Gasteiger partial charge is 0.335 e. The molecule has 12 nitrogen and oxygen atoms in total. The Morgan fingerprint density at radius 1 is 1.15 bits per heavy atom. The number of hydrogen-bond donors (Lipinski definition) is 2. The number of methoxy groups -OCH3 is 1. The van der Waals surface area contributed by atoms with Crippen molar-refractivity contribution in [1.29, 1.82) is 0 Å². The number of anilines is 2. The van der Waals surface area contributed by atoms with E-state index < -0.39 is 34.2 Å². The zero-order valence-electron chi connectivity index (χ0n) is 20.5. The van der Waals surface area contributed by atoms with Crippen LogP contribution in [0.3, 0.4) is 0 Å². The van der Waals surface area contributed by atoms with Gasteiger partial charge in [0.25, 0.3) is 23.4 Å². The van der Waals surface area contributed by atoms with E-state index in [0.717, 1.165) is 6.07 Å². The van der Waals surface area contributed by atoms with Gasteiger partial charge in [0.05, 0.1) is 22.2 Å². The first-order valence-corrected chi connectivity index (χ1v) is 12.5. The SMILES string of the molecule is COc1cc(/C=C2\C(=O)NC(=O)N(c3cccc([N+](=O)[O-])c3)C2=O)cc(Br)c1OCC(=O)Nc1ccc(Cl)cc1. The minimum atomic E-state index is -1.05. The van der Waals surface area contributed by atoms with Gasteiger partial charge in [-0.25, -0.2) is 9.69 Å². The Kier molecular flexibility index (Phi) is 8.46. The molecule has 1 aliphatic rings. The van der Waals surface area contributed by atoms with Crippen molar-refractivity contribution in [2.75, 3.05) is 23.9 Å². The summed E-state index contributed by atoms with van der Waals surface area (Å²) in [6.45, 7) is -0.362. The largest absolute Gasteiger partial charge is 0.493 e. The zero-order chi connectivity index (χ0) is 29.0. The van der Waals surface area contributed by atoms with Gasteiger partial charge in [0, 0.05) is 22.8 Å². The number of ether oxygens (including phenoxy) is 2. The average molecular weight is 630 g/mol. The number of nitrogens with one attached hydrogen (secondary N) is 2. The summed E-state index contributed by atoms with van der Waals surface area (Å²) in [5.74, 6) is -2.02. The Morgan fingerprint density at radius 3 is 2.55 bits per heavy atom. The molecule has 0 atom stereocenters. The topological polar surface area (TPSA) is 157 Å². The molecular formula is C26H18BrClN4O8. The van der Waals surface area contributed by atoms with Gasteiger partial charge >= 0.3 is 6.03 Å². The van der Waals surface area contributed by atoms with Crippen LogP contribution < -0.4 is 25.0 Å². The van der Waals surface area contributed by atoms with E-state index in [4.69, 9.17) is 21.1 Å². The van der Waals surface area contributed by atoms with E-state index in [1.54, 1.807) is 24.3 Å². The first-order chi connectivity index (χ1) is 19.1. The number of urea groups is 1. The fourth-order valence-electron chi connectivity index (χ4n) is 3.64. The fraction of sp³-hybridized carbons (Fsp3) is 0.0769. The lowest BCUT2D eigenvalue weighted by atomic mass is 10.1. The highest BCUT2D eigenvalue weighted by molar-refractivity contribution is 9.10. The maximum atomic E-state index is 13.2. The van der Waals surface area contributed by atoms with Crippen LogP contribution in [-0.4, -0.2) is 42.4 Å². The predicted octanol–water partition coefficient (Wildman–Crippen LogP) is 4.70. The molecule has 1 fully saturated rings. The van der Waals surface area contributed by atoms with Crippen molar-refractivity contribution in [3.8, 4) is 11.5 Å². The molecule has 0 aromatic heterocycles. The maximum absolute atomic E-state index is 13.2. The zero-order valence-corrected chi connectivity index (χ0v) is 22.8. The van der Waals surface area contributed by atoms with Crippen molar-refractivity contribution < 1.29 is 33.6 Å². The highest BCUT2D eigenvalue weighted by Crippen LogP contribution is 2.37. The second-order valence-corrected chi connectivity index (χ2v) is 9.40. The molecule has 0 bridgehead atoms. The molecule has 1 heterocycles. The molecule has 3 aromatic rings. The number of nitro groups is 1. The minimum absolute atomic E-state index is 0.0884. The second-order valence-electron chi connectivity index (χ2n) is 8.11. The quantitative estimate of drug-likeness (QED) is 0.157. The Labute approximate surface area is 239 Å². The number of benzene rings is 3. The van der Waals surface area contributed by atoms with E-state index in [2.05, 4.69) is 26.6 Å². The maximum Gasteiger partial charge on any atom is 0.335 e. The number of rotatable bonds is 8. The number of non-ortho nitro benzene ring substituents is 1. The molecule has 5 amide bonds. The van der Waals surface area contributed by atoms with Crippen molar-refractivity contribution in [3.05, 3.63) is 91.4 Å². The number of amides is 5. The normalized spacial score (nSPS) is 14.1. The summed E-state index contributed by atoms with van der Waals surface area (Å²) in [4.78, 5) is 61.6. The molecule has 4 rings (SSSR count). The number of hydrogen-bond acceptors (Lipinski definition) is 8. The summed E-state index contributed by atoms with van der Waals surface area (Å²) < 4.78 is 11.4. The summed E-state index contributed by atoms with van der Waals surface area (Å²) in [6, 6.07) is 13.3. The van der Waals surface area contributed by atoms with Crippen LogP contribution in [0.4, 0.5) is 21.9 Å². The van der Waals surface area contributed by atoms with Gasteiger partial charge in [0.1, 0.15) is 5.57 Å². The van der Waals surface area contributed by atoms with E-state index in [9.17, 15) is 29.3 Å². The van der Waals surface area contributed by atoms with Crippen LogP contribution in [0.1, 0.15) is 5.56 Å². The summed E-state index contributed by atoms with van der Waals surface area (Å²) in [5.41, 5.74) is 0.00443. The van der Waals surface area contributed by atoms with Crippen molar-refractivity contribution in [3.63, 3.8) is 0 Å². The standard InChI is InChI=1S/C26H18BrClN4O8/c1-39-21-11-14(10-20(27)23(21)40-13-22(33)29-16-7-5-15(28)6-8-16)9-19-24(34)30-26(36)31(25(19)35)17-3-2-4-18(12-17)32(37)38/h2-12H,13H2,1H3,(H,29,33)(H,30,34,36)/b19-9+. The molecule has 0 spiro atoms. The van der Waals surface area contributed by atoms with E-state index in [1.165, 1.54) is 43.5 Å². The van der Waals surface area contributed by atoms with Gasteiger partial charge in [0.2, 0.25) is 0 Å². The van der Waals surface area contributed by atoms with Gasteiger partial charge in [-0.3, -0.25) is 29.8 Å². The van der Waals surface area contributed by atoms with Crippen molar-refractivity contribution in [1.82, 2.24) is 5.32 Å². The van der Waals surface area contributed by atoms with Crippen LogP contribution in [0.2, 0.25) is 5.02 Å². The molecule has 40 heavy (non-hydrogen) atoms. The number of carbonyl (C=O) groups excluding carboxylic acids is 4. The molecule has 204 valence electrons. The lowest BCUT2D eigenvalue weighted by molar-refractivity contribution is -0.384. The van der Waals surface area contributed by atoms with Crippen LogP contribution in [0.15, 0.2) is 70.7 Å². The molecule has 0 unspecified atom stereocenters. The van der Waals surface area contributed by atoms with Gasteiger partial charge < -0.3 is 14.8 Å². The van der Waals surface area contributed by atoms with Crippen LogP contribution in [0, 0.1) is 10.1 Å². The molecule has 1 saturated heterocycles. The van der Waals surface area contributed by atoms with Gasteiger partial charge in [-0.2, -0.15) is 0 Å². The Hall–Kier alpha value is -4.75. The van der Waals surface area contributed by atoms with Gasteiger partial charge in [-0.1, -0.05) is 17.7 Å². The summed E-state index contributed by atoms with van der Waals surface area (Å²) in [6.07, 6.45) is 1.22. The summed E-state index contributed by atoms with van der Waals surface area (Å²) >= 11 is 9.19. The number of imide groups is 2. The first kappa shape index (κ1) is 28.3. The third-order valence-corrected chi connectivity index (χ3v) is 6.28. The van der Waals surface area contributed by atoms with Crippen LogP contribution in [0.25, 0.3) is 6.08 Å². The molecule has 0 radical (unpaired) electrons.